The minimum atomic E-state index is -1.01. The number of anilines is 2. The van der Waals surface area contributed by atoms with Gasteiger partial charge < -0.3 is 30.2 Å². The molecule has 0 radical (unpaired) electrons. The fraction of sp³-hybridized carbons (Fsp3) is 0.419. The number of imide groups is 2. The first-order valence-electron chi connectivity index (χ1n) is 14.8. The Bertz CT molecular complexity index is 1380. The highest BCUT2D eigenvalue weighted by atomic mass is 16.5. The standard InChI is InChI=1S/C31H37N5O9/c37-20-34-22-8-6-21(7-9-22)28(39)33-13-3-15-44-17-19-45-18-16-43-14-2-12-32-24-5-1-4-23-27(24)31(42)36(30(23)41)25-10-11-26(38)35-29(25)40/h1,4-9,20,25,32H,2-3,10-19H2,(H,33,39)(H,34,37)(H,35,38,40). The molecule has 1 atom stereocenters. The summed E-state index contributed by atoms with van der Waals surface area (Å²) in [7, 11) is 0. The summed E-state index contributed by atoms with van der Waals surface area (Å²) in [4.78, 5) is 73.3. The van der Waals surface area contributed by atoms with Gasteiger partial charge in [0.05, 0.1) is 37.6 Å². The van der Waals surface area contributed by atoms with Gasteiger partial charge in [-0.15, -0.1) is 0 Å². The second-order valence-corrected chi connectivity index (χ2v) is 10.2. The number of nitrogens with zero attached hydrogens (tertiary/aromatic N) is 1. The Morgan fingerprint density at radius 1 is 0.867 bits per heavy atom. The van der Waals surface area contributed by atoms with Gasteiger partial charge in [0.1, 0.15) is 6.04 Å². The van der Waals surface area contributed by atoms with Crippen LogP contribution in [0.15, 0.2) is 42.5 Å². The maximum atomic E-state index is 13.1. The highest BCUT2D eigenvalue weighted by Gasteiger charge is 2.45. The molecule has 4 rings (SSSR count). The highest BCUT2D eigenvalue weighted by Crippen LogP contribution is 2.32. The Morgan fingerprint density at radius 3 is 2.20 bits per heavy atom. The van der Waals surface area contributed by atoms with Gasteiger partial charge in [0.15, 0.2) is 0 Å². The zero-order valence-electron chi connectivity index (χ0n) is 24.8. The van der Waals surface area contributed by atoms with Gasteiger partial charge in [-0.3, -0.25) is 39.0 Å². The van der Waals surface area contributed by atoms with E-state index in [-0.39, 0.29) is 29.9 Å². The van der Waals surface area contributed by atoms with E-state index in [1.165, 1.54) is 0 Å². The first-order valence-corrected chi connectivity index (χ1v) is 14.8. The third-order valence-corrected chi connectivity index (χ3v) is 7.12. The van der Waals surface area contributed by atoms with Gasteiger partial charge in [-0.1, -0.05) is 6.07 Å². The number of carbonyl (C=O) groups excluding carboxylic acids is 6. The van der Waals surface area contributed by atoms with E-state index >= 15 is 0 Å². The molecule has 0 aliphatic carbocycles. The van der Waals surface area contributed by atoms with Crippen LogP contribution in [0, 0.1) is 0 Å². The lowest BCUT2D eigenvalue weighted by Crippen LogP contribution is -2.54. The van der Waals surface area contributed by atoms with Crippen molar-refractivity contribution in [2.24, 2.45) is 0 Å². The van der Waals surface area contributed by atoms with Crippen molar-refractivity contribution in [3.63, 3.8) is 0 Å². The van der Waals surface area contributed by atoms with Crippen molar-refractivity contribution < 1.29 is 43.0 Å². The van der Waals surface area contributed by atoms with E-state index in [2.05, 4.69) is 21.3 Å². The predicted octanol–water partition coefficient (Wildman–Crippen LogP) is 1.33. The zero-order chi connectivity index (χ0) is 32.0. The Balaban J connectivity index is 1.01. The van der Waals surface area contributed by atoms with E-state index in [1.54, 1.807) is 42.5 Å². The summed E-state index contributed by atoms with van der Waals surface area (Å²) in [5.74, 6) is -2.34. The molecule has 6 amide bonds. The molecule has 2 aliphatic heterocycles. The molecule has 2 aromatic rings. The van der Waals surface area contributed by atoms with Crippen molar-refractivity contribution in [1.82, 2.24) is 15.5 Å². The van der Waals surface area contributed by atoms with E-state index in [0.717, 1.165) is 4.90 Å². The molecule has 0 spiro atoms. The molecule has 2 aromatic carbocycles. The van der Waals surface area contributed by atoms with Crippen LogP contribution in [-0.4, -0.2) is 99.6 Å². The summed E-state index contributed by atoms with van der Waals surface area (Å²) in [5, 5.41) is 10.7. The van der Waals surface area contributed by atoms with Crippen LogP contribution in [-0.2, 0) is 28.6 Å². The highest BCUT2D eigenvalue weighted by molar-refractivity contribution is 6.25. The quantitative estimate of drug-likeness (QED) is 0.101. The van der Waals surface area contributed by atoms with Crippen LogP contribution in [0.3, 0.4) is 0 Å². The zero-order valence-corrected chi connectivity index (χ0v) is 24.8. The monoisotopic (exact) mass is 623 g/mol. The van der Waals surface area contributed by atoms with Crippen LogP contribution in [0.2, 0.25) is 0 Å². The number of nitrogens with one attached hydrogen (secondary N) is 4. The number of amides is 6. The maximum absolute atomic E-state index is 13.1. The van der Waals surface area contributed by atoms with E-state index in [0.29, 0.717) is 88.9 Å². The second kappa shape index (κ2) is 17.0. The van der Waals surface area contributed by atoms with Crippen molar-refractivity contribution in [1.29, 1.82) is 0 Å². The molecular formula is C31H37N5O9. The molecule has 240 valence electrons. The number of fused-ring (bicyclic) bond motifs is 1. The number of carbonyl (C=O) groups is 6. The Labute approximate surface area is 260 Å². The molecule has 14 nitrogen and oxygen atoms in total. The summed E-state index contributed by atoms with van der Waals surface area (Å²) in [6.45, 7) is 3.57. The number of rotatable bonds is 19. The molecule has 1 fully saturated rings. The van der Waals surface area contributed by atoms with Crippen LogP contribution in [0.4, 0.5) is 11.4 Å². The minimum Gasteiger partial charge on any atom is -0.384 e. The van der Waals surface area contributed by atoms with Crippen molar-refractivity contribution in [2.75, 3.05) is 63.4 Å². The van der Waals surface area contributed by atoms with Gasteiger partial charge in [-0.25, -0.2) is 0 Å². The number of hydrogen-bond donors (Lipinski definition) is 4. The van der Waals surface area contributed by atoms with Crippen molar-refractivity contribution in [2.45, 2.75) is 31.7 Å². The molecular weight excluding hydrogens is 586 g/mol. The molecule has 2 heterocycles. The molecule has 14 heteroatoms. The topological polar surface area (TPSA) is 181 Å². The predicted molar refractivity (Wildman–Crippen MR) is 162 cm³/mol. The lowest BCUT2D eigenvalue weighted by atomic mass is 10.0. The summed E-state index contributed by atoms with van der Waals surface area (Å²) >= 11 is 0. The molecule has 4 N–H and O–H groups in total. The molecule has 1 saturated heterocycles. The normalized spacial score (nSPS) is 15.9. The first kappa shape index (κ1) is 33.2. The first-order chi connectivity index (χ1) is 21.9. The summed E-state index contributed by atoms with van der Waals surface area (Å²) in [6, 6.07) is 10.5. The van der Waals surface area contributed by atoms with Gasteiger partial charge in [-0.05, 0) is 55.7 Å². The Kier molecular flexibility index (Phi) is 12.5. The van der Waals surface area contributed by atoms with Gasteiger partial charge in [0.2, 0.25) is 18.2 Å². The summed E-state index contributed by atoms with van der Waals surface area (Å²) in [6.07, 6.45) is 2.05. The van der Waals surface area contributed by atoms with Crippen LogP contribution in [0.25, 0.3) is 0 Å². The van der Waals surface area contributed by atoms with Crippen LogP contribution in [0.5, 0.6) is 0 Å². The van der Waals surface area contributed by atoms with Crippen molar-refractivity contribution in [3.8, 4) is 0 Å². The summed E-state index contributed by atoms with van der Waals surface area (Å²) in [5.41, 5.74) is 2.09. The van der Waals surface area contributed by atoms with Crippen molar-refractivity contribution in [3.05, 3.63) is 59.2 Å². The third-order valence-electron chi connectivity index (χ3n) is 7.12. The largest absolute Gasteiger partial charge is 0.384 e. The van der Waals surface area contributed by atoms with E-state index in [4.69, 9.17) is 14.2 Å². The van der Waals surface area contributed by atoms with E-state index < -0.39 is 29.7 Å². The fourth-order valence-corrected chi connectivity index (χ4v) is 4.87. The summed E-state index contributed by atoms with van der Waals surface area (Å²) < 4.78 is 16.6. The maximum Gasteiger partial charge on any atom is 0.264 e. The second-order valence-electron chi connectivity index (χ2n) is 10.2. The third kappa shape index (κ3) is 9.17. The molecule has 0 aromatic heterocycles. The Hall–Kier alpha value is -4.66. The number of benzene rings is 2. The average Bonchev–Trinajstić information content (AvgIpc) is 3.29. The van der Waals surface area contributed by atoms with Gasteiger partial charge in [0.25, 0.3) is 17.7 Å². The minimum absolute atomic E-state index is 0.0675. The van der Waals surface area contributed by atoms with E-state index in [9.17, 15) is 28.8 Å². The fourth-order valence-electron chi connectivity index (χ4n) is 4.87. The van der Waals surface area contributed by atoms with Crippen LogP contribution in [0.1, 0.15) is 56.8 Å². The molecule has 0 saturated carbocycles. The number of hydrogen-bond acceptors (Lipinski definition) is 10. The van der Waals surface area contributed by atoms with Crippen molar-refractivity contribution >= 4 is 47.3 Å². The van der Waals surface area contributed by atoms with Gasteiger partial charge >= 0.3 is 0 Å². The number of piperidine rings is 1. The SMILES string of the molecule is O=CNc1ccc(C(=O)NCCCOCCOCCOCCCNc2cccc3c2C(=O)N(C2CCC(=O)NC2=O)C3=O)cc1. The smallest absolute Gasteiger partial charge is 0.264 e. The van der Waals surface area contributed by atoms with E-state index in [1.807, 2.05) is 0 Å². The Morgan fingerprint density at radius 2 is 1.53 bits per heavy atom. The molecule has 45 heavy (non-hydrogen) atoms. The van der Waals surface area contributed by atoms with Gasteiger partial charge in [-0.2, -0.15) is 0 Å². The number of ether oxygens (including phenoxy) is 3. The molecule has 2 aliphatic rings. The molecule has 0 bridgehead atoms. The lowest BCUT2D eigenvalue weighted by Gasteiger charge is -2.27. The van der Waals surface area contributed by atoms with Gasteiger partial charge in [0, 0.05) is 49.7 Å². The molecule has 1 unspecified atom stereocenters. The lowest BCUT2D eigenvalue weighted by molar-refractivity contribution is -0.136. The van der Waals surface area contributed by atoms with Crippen LogP contribution >= 0.6 is 0 Å². The van der Waals surface area contributed by atoms with Crippen LogP contribution < -0.4 is 21.3 Å². The average molecular weight is 624 g/mol.